The predicted octanol–water partition coefficient (Wildman–Crippen LogP) is 2.81. The zero-order valence-electron chi connectivity index (χ0n) is 8.64. The monoisotopic (exact) mass is 235 g/mol. The van der Waals surface area contributed by atoms with E-state index in [0.29, 0.717) is 17.2 Å². The van der Waals surface area contributed by atoms with Gasteiger partial charge in [0.05, 0.1) is 5.69 Å². The van der Waals surface area contributed by atoms with E-state index in [1.165, 1.54) is 0 Å². The zero-order valence-corrected chi connectivity index (χ0v) is 9.40. The normalized spacial score (nSPS) is 10.1. The van der Waals surface area contributed by atoms with E-state index in [9.17, 15) is 0 Å². The van der Waals surface area contributed by atoms with Crippen molar-refractivity contribution in [3.8, 4) is 11.5 Å². The minimum atomic E-state index is 0.142. The van der Waals surface area contributed by atoms with Crippen LogP contribution in [0.1, 0.15) is 5.69 Å². The van der Waals surface area contributed by atoms with Crippen molar-refractivity contribution in [3.63, 3.8) is 0 Å². The van der Waals surface area contributed by atoms with Crippen molar-refractivity contribution in [2.24, 2.45) is 0 Å². The molecule has 0 aliphatic heterocycles. The second-order valence-corrected chi connectivity index (χ2v) is 3.56. The first-order valence-corrected chi connectivity index (χ1v) is 5.07. The standard InChI is InChI=1S/C11H10ClN3O/c1-7-9(10(12)15-11(13)14-7)16-8-5-3-2-4-6-8/h2-6H,1H3,(H2,13,14,15). The molecule has 2 rings (SSSR count). The van der Waals surface area contributed by atoms with E-state index in [4.69, 9.17) is 22.1 Å². The molecule has 16 heavy (non-hydrogen) atoms. The van der Waals surface area contributed by atoms with Crippen LogP contribution in [0, 0.1) is 6.92 Å². The Morgan fingerprint density at radius 3 is 2.50 bits per heavy atom. The Hall–Kier alpha value is -1.81. The van der Waals surface area contributed by atoms with Gasteiger partial charge in [-0.1, -0.05) is 29.8 Å². The van der Waals surface area contributed by atoms with E-state index in [1.54, 1.807) is 6.92 Å². The van der Waals surface area contributed by atoms with Gasteiger partial charge in [-0.15, -0.1) is 0 Å². The number of hydrogen-bond donors (Lipinski definition) is 1. The molecule has 0 saturated heterocycles. The Kier molecular flexibility index (Phi) is 2.92. The van der Waals surface area contributed by atoms with Gasteiger partial charge in [-0.2, -0.15) is 4.98 Å². The SMILES string of the molecule is Cc1nc(N)nc(Cl)c1Oc1ccccc1. The number of anilines is 1. The van der Waals surface area contributed by atoms with Crippen LogP contribution < -0.4 is 10.5 Å². The number of benzene rings is 1. The third-order valence-electron chi connectivity index (χ3n) is 1.97. The number of ether oxygens (including phenoxy) is 1. The van der Waals surface area contributed by atoms with E-state index < -0.39 is 0 Å². The molecule has 0 spiro atoms. The van der Waals surface area contributed by atoms with E-state index in [-0.39, 0.29) is 11.1 Å². The van der Waals surface area contributed by atoms with Gasteiger partial charge in [-0.05, 0) is 19.1 Å². The lowest BCUT2D eigenvalue weighted by Crippen LogP contribution is -2.00. The molecule has 0 unspecified atom stereocenters. The molecule has 2 N–H and O–H groups in total. The number of nitrogens with two attached hydrogens (primary N) is 1. The maximum atomic E-state index is 5.93. The maximum absolute atomic E-state index is 5.93. The number of aryl methyl sites for hydroxylation is 1. The van der Waals surface area contributed by atoms with Crippen LogP contribution in [-0.4, -0.2) is 9.97 Å². The van der Waals surface area contributed by atoms with Gasteiger partial charge in [0.2, 0.25) is 5.95 Å². The molecule has 0 amide bonds. The summed E-state index contributed by atoms with van der Waals surface area (Å²) in [5, 5.41) is 0.217. The highest BCUT2D eigenvalue weighted by atomic mass is 35.5. The zero-order chi connectivity index (χ0) is 11.5. The highest BCUT2D eigenvalue weighted by Gasteiger charge is 2.10. The molecular weight excluding hydrogens is 226 g/mol. The summed E-state index contributed by atoms with van der Waals surface area (Å²) in [5.41, 5.74) is 6.07. The number of rotatable bonds is 2. The van der Waals surface area contributed by atoms with Crippen molar-refractivity contribution < 1.29 is 4.74 Å². The van der Waals surface area contributed by atoms with Crippen LogP contribution >= 0.6 is 11.6 Å². The topological polar surface area (TPSA) is 61.0 Å². The molecule has 82 valence electrons. The van der Waals surface area contributed by atoms with Gasteiger partial charge in [-0.25, -0.2) is 4.98 Å². The average Bonchev–Trinajstić information content (AvgIpc) is 2.25. The first-order valence-electron chi connectivity index (χ1n) is 4.69. The van der Waals surface area contributed by atoms with E-state index >= 15 is 0 Å². The minimum absolute atomic E-state index is 0.142. The molecule has 1 aromatic carbocycles. The molecule has 1 aromatic heterocycles. The fourth-order valence-electron chi connectivity index (χ4n) is 1.27. The van der Waals surface area contributed by atoms with Crippen LogP contribution in [0.15, 0.2) is 30.3 Å². The lowest BCUT2D eigenvalue weighted by atomic mass is 10.3. The van der Waals surface area contributed by atoms with Crippen LogP contribution in [0.3, 0.4) is 0 Å². The quantitative estimate of drug-likeness (QED) is 0.813. The maximum Gasteiger partial charge on any atom is 0.221 e. The third-order valence-corrected chi connectivity index (χ3v) is 2.23. The summed E-state index contributed by atoms with van der Waals surface area (Å²) in [6, 6.07) is 9.30. The van der Waals surface area contributed by atoms with Gasteiger partial charge < -0.3 is 10.5 Å². The van der Waals surface area contributed by atoms with Crippen molar-refractivity contribution in [1.29, 1.82) is 0 Å². The summed E-state index contributed by atoms with van der Waals surface area (Å²) >= 11 is 5.93. The van der Waals surface area contributed by atoms with Crippen LogP contribution in [-0.2, 0) is 0 Å². The second kappa shape index (κ2) is 4.37. The largest absolute Gasteiger partial charge is 0.452 e. The molecule has 0 fully saturated rings. The Bertz CT molecular complexity index is 479. The van der Waals surface area contributed by atoms with E-state index in [0.717, 1.165) is 0 Å². The smallest absolute Gasteiger partial charge is 0.221 e. The number of hydrogen-bond acceptors (Lipinski definition) is 4. The van der Waals surface area contributed by atoms with Crippen molar-refractivity contribution in [1.82, 2.24) is 9.97 Å². The van der Waals surface area contributed by atoms with E-state index in [2.05, 4.69) is 9.97 Å². The fraction of sp³-hybridized carbons (Fsp3) is 0.0909. The number of para-hydroxylation sites is 1. The van der Waals surface area contributed by atoms with Gasteiger partial charge >= 0.3 is 0 Å². The highest BCUT2D eigenvalue weighted by Crippen LogP contribution is 2.30. The number of aromatic nitrogens is 2. The van der Waals surface area contributed by atoms with E-state index in [1.807, 2.05) is 30.3 Å². The van der Waals surface area contributed by atoms with Gasteiger partial charge in [0.1, 0.15) is 5.75 Å². The van der Waals surface area contributed by atoms with Crippen molar-refractivity contribution in [2.75, 3.05) is 5.73 Å². The second-order valence-electron chi connectivity index (χ2n) is 3.20. The lowest BCUT2D eigenvalue weighted by Gasteiger charge is -2.09. The van der Waals surface area contributed by atoms with Crippen LogP contribution in [0.2, 0.25) is 5.15 Å². The molecule has 0 atom stereocenters. The molecule has 2 aromatic rings. The van der Waals surface area contributed by atoms with Gasteiger partial charge in [0.25, 0.3) is 0 Å². The van der Waals surface area contributed by atoms with Gasteiger partial charge in [-0.3, -0.25) is 0 Å². The summed E-state index contributed by atoms with van der Waals surface area (Å²) in [7, 11) is 0. The summed E-state index contributed by atoms with van der Waals surface area (Å²) in [5.74, 6) is 1.26. The first-order chi connectivity index (χ1) is 7.66. The Morgan fingerprint density at radius 2 is 1.88 bits per heavy atom. The fourth-order valence-corrected chi connectivity index (χ4v) is 1.53. The molecule has 4 nitrogen and oxygen atoms in total. The molecule has 1 heterocycles. The van der Waals surface area contributed by atoms with Gasteiger partial charge in [0.15, 0.2) is 10.9 Å². The predicted molar refractivity (Wildman–Crippen MR) is 62.7 cm³/mol. The summed E-state index contributed by atoms with van der Waals surface area (Å²) < 4.78 is 5.58. The van der Waals surface area contributed by atoms with Crippen molar-refractivity contribution >= 4 is 17.5 Å². The Labute approximate surface area is 98.0 Å². The molecule has 0 saturated carbocycles. The third kappa shape index (κ3) is 2.23. The van der Waals surface area contributed by atoms with Crippen LogP contribution in [0.5, 0.6) is 11.5 Å². The number of halogens is 1. The lowest BCUT2D eigenvalue weighted by molar-refractivity contribution is 0.473. The minimum Gasteiger partial charge on any atom is -0.452 e. The molecule has 0 bridgehead atoms. The van der Waals surface area contributed by atoms with Crippen LogP contribution in [0.4, 0.5) is 5.95 Å². The molecule has 0 aliphatic rings. The van der Waals surface area contributed by atoms with Gasteiger partial charge in [0, 0.05) is 0 Å². The Balaban J connectivity index is 2.35. The van der Waals surface area contributed by atoms with Crippen molar-refractivity contribution in [2.45, 2.75) is 6.92 Å². The molecule has 0 aliphatic carbocycles. The van der Waals surface area contributed by atoms with Crippen LogP contribution in [0.25, 0.3) is 0 Å². The summed E-state index contributed by atoms with van der Waals surface area (Å²) in [4.78, 5) is 7.83. The summed E-state index contributed by atoms with van der Waals surface area (Å²) in [6.07, 6.45) is 0. The molecule has 0 radical (unpaired) electrons. The Morgan fingerprint density at radius 1 is 1.19 bits per heavy atom. The average molecular weight is 236 g/mol. The number of nitrogens with zero attached hydrogens (tertiary/aromatic N) is 2. The first kappa shape index (κ1) is 10.7. The molecule has 5 heteroatoms. The molecular formula is C11H10ClN3O. The highest BCUT2D eigenvalue weighted by molar-refractivity contribution is 6.31. The number of nitrogen functional groups attached to an aromatic ring is 1. The van der Waals surface area contributed by atoms with Crippen molar-refractivity contribution in [3.05, 3.63) is 41.2 Å². The summed E-state index contributed by atoms with van der Waals surface area (Å²) in [6.45, 7) is 1.77.